The molecule has 0 unspecified atom stereocenters. The van der Waals surface area contributed by atoms with Crippen LogP contribution in [0.2, 0.25) is 0 Å². The van der Waals surface area contributed by atoms with Gasteiger partial charge in [0, 0.05) is 12.8 Å². The molecule has 3 rings (SSSR count). The Labute approximate surface area is 113 Å². The van der Waals surface area contributed by atoms with E-state index in [0.29, 0.717) is 25.0 Å². The fourth-order valence-electron chi connectivity index (χ4n) is 3.46. The molecule has 1 fully saturated rings. The summed E-state index contributed by atoms with van der Waals surface area (Å²) in [7, 11) is 0. The summed E-state index contributed by atoms with van der Waals surface area (Å²) in [6.07, 6.45) is 6.19. The van der Waals surface area contributed by atoms with Crippen LogP contribution in [-0.2, 0) is 16.0 Å². The maximum Gasteiger partial charge on any atom is 0.155 e. The Morgan fingerprint density at radius 1 is 1.00 bits per heavy atom. The average Bonchev–Trinajstić information content (AvgIpc) is 2.42. The van der Waals surface area contributed by atoms with Gasteiger partial charge in [0.05, 0.1) is 5.41 Å². The van der Waals surface area contributed by atoms with Crippen molar-refractivity contribution in [1.29, 1.82) is 0 Å². The van der Waals surface area contributed by atoms with Crippen molar-refractivity contribution in [3.63, 3.8) is 0 Å². The van der Waals surface area contributed by atoms with E-state index in [0.717, 1.165) is 24.8 Å². The molecule has 2 aliphatic carbocycles. The number of hydrogen-bond donors (Lipinski definition) is 0. The van der Waals surface area contributed by atoms with Crippen LogP contribution in [0, 0.1) is 5.41 Å². The number of allylic oxidation sites excluding steroid dienone is 2. The molecule has 98 valence electrons. The number of carbonyl (C=O) groups is 2. The topological polar surface area (TPSA) is 34.1 Å². The molecule has 0 saturated heterocycles. The second kappa shape index (κ2) is 4.76. The van der Waals surface area contributed by atoms with Crippen molar-refractivity contribution >= 4 is 11.6 Å². The summed E-state index contributed by atoms with van der Waals surface area (Å²) in [6, 6.07) is 10.2. The number of hydrogen-bond acceptors (Lipinski definition) is 2. The lowest BCUT2D eigenvalue weighted by Gasteiger charge is -2.40. The molecule has 0 aromatic heterocycles. The lowest BCUT2D eigenvalue weighted by atomic mass is 9.61. The quantitative estimate of drug-likeness (QED) is 0.811. The van der Waals surface area contributed by atoms with Crippen molar-refractivity contribution in [2.45, 2.75) is 38.5 Å². The highest BCUT2D eigenvalue weighted by Crippen LogP contribution is 2.46. The minimum atomic E-state index is -0.381. The highest BCUT2D eigenvalue weighted by Gasteiger charge is 2.45. The van der Waals surface area contributed by atoms with Gasteiger partial charge in [0.2, 0.25) is 0 Å². The minimum absolute atomic E-state index is 0.188. The van der Waals surface area contributed by atoms with E-state index >= 15 is 0 Å². The van der Waals surface area contributed by atoms with E-state index in [9.17, 15) is 9.59 Å². The summed E-state index contributed by atoms with van der Waals surface area (Å²) in [5.41, 5.74) is 1.90. The van der Waals surface area contributed by atoms with Gasteiger partial charge in [-0.2, -0.15) is 0 Å². The van der Waals surface area contributed by atoms with Gasteiger partial charge in [0.25, 0.3) is 0 Å². The monoisotopic (exact) mass is 254 g/mol. The van der Waals surface area contributed by atoms with E-state index in [1.807, 2.05) is 18.2 Å². The molecule has 19 heavy (non-hydrogen) atoms. The predicted molar refractivity (Wildman–Crippen MR) is 73.8 cm³/mol. The fourth-order valence-corrected chi connectivity index (χ4v) is 3.46. The van der Waals surface area contributed by atoms with E-state index in [4.69, 9.17) is 0 Å². The summed E-state index contributed by atoms with van der Waals surface area (Å²) in [5, 5.41) is 0. The molecule has 0 heterocycles. The third kappa shape index (κ3) is 2.16. The van der Waals surface area contributed by atoms with Crippen LogP contribution in [0.5, 0.6) is 0 Å². The van der Waals surface area contributed by atoms with Gasteiger partial charge in [-0.1, -0.05) is 35.9 Å². The third-order valence-electron chi connectivity index (χ3n) is 4.48. The molecule has 1 aromatic carbocycles. The molecule has 1 saturated carbocycles. The van der Waals surface area contributed by atoms with Crippen molar-refractivity contribution in [1.82, 2.24) is 0 Å². The maximum atomic E-state index is 12.5. The first kappa shape index (κ1) is 12.3. The van der Waals surface area contributed by atoms with Gasteiger partial charge in [0.1, 0.15) is 5.78 Å². The van der Waals surface area contributed by atoms with Crippen LogP contribution in [-0.4, -0.2) is 11.6 Å². The molecule has 0 radical (unpaired) electrons. The van der Waals surface area contributed by atoms with Crippen LogP contribution in [0.15, 0.2) is 42.0 Å². The van der Waals surface area contributed by atoms with Gasteiger partial charge in [0.15, 0.2) is 5.78 Å². The van der Waals surface area contributed by atoms with E-state index in [2.05, 4.69) is 12.1 Å². The Kier molecular flexibility index (Phi) is 3.09. The minimum Gasteiger partial charge on any atom is -0.299 e. The van der Waals surface area contributed by atoms with E-state index in [1.54, 1.807) is 6.08 Å². The standard InChI is InChI=1S/C17H18O2/c18-15-9-10-17(12-13-5-2-1-3-6-13)14(11-15)7-4-8-16(17)19/h1-3,5-6,11H,4,7-10,12H2/t17-/m0/s1. The van der Waals surface area contributed by atoms with E-state index < -0.39 is 0 Å². The van der Waals surface area contributed by atoms with Crippen molar-refractivity contribution in [2.24, 2.45) is 5.41 Å². The summed E-state index contributed by atoms with van der Waals surface area (Å²) in [6.45, 7) is 0. The molecular weight excluding hydrogens is 236 g/mol. The van der Waals surface area contributed by atoms with Gasteiger partial charge < -0.3 is 0 Å². The van der Waals surface area contributed by atoms with Gasteiger partial charge in [-0.25, -0.2) is 0 Å². The van der Waals surface area contributed by atoms with E-state index in [1.165, 1.54) is 5.56 Å². The first-order valence-electron chi connectivity index (χ1n) is 7.02. The van der Waals surface area contributed by atoms with Crippen LogP contribution in [0.3, 0.4) is 0 Å². The van der Waals surface area contributed by atoms with Gasteiger partial charge >= 0.3 is 0 Å². The number of Topliss-reactive ketones (excluding diaryl/α,β-unsaturated/α-hetero) is 1. The fraction of sp³-hybridized carbons (Fsp3) is 0.412. The second-order valence-electron chi connectivity index (χ2n) is 5.66. The van der Waals surface area contributed by atoms with Crippen LogP contribution >= 0.6 is 0 Å². The summed E-state index contributed by atoms with van der Waals surface area (Å²) in [5.74, 6) is 0.523. The van der Waals surface area contributed by atoms with Crippen molar-refractivity contribution < 1.29 is 9.59 Å². The largest absolute Gasteiger partial charge is 0.299 e. The highest BCUT2D eigenvalue weighted by atomic mass is 16.1. The Bertz CT molecular complexity index is 542. The van der Waals surface area contributed by atoms with Gasteiger partial charge in [-0.3, -0.25) is 9.59 Å². The third-order valence-corrected chi connectivity index (χ3v) is 4.48. The molecule has 1 aromatic rings. The Hall–Kier alpha value is -1.70. The molecule has 0 amide bonds. The smallest absolute Gasteiger partial charge is 0.155 e. The molecule has 2 aliphatic rings. The van der Waals surface area contributed by atoms with Crippen molar-refractivity contribution in [3.05, 3.63) is 47.5 Å². The lowest BCUT2D eigenvalue weighted by Crippen LogP contribution is -2.41. The average molecular weight is 254 g/mol. The molecule has 2 heteroatoms. The van der Waals surface area contributed by atoms with Crippen LogP contribution in [0.1, 0.15) is 37.7 Å². The zero-order chi connectivity index (χ0) is 13.3. The second-order valence-corrected chi connectivity index (χ2v) is 5.66. The number of benzene rings is 1. The van der Waals surface area contributed by atoms with Crippen molar-refractivity contribution in [3.8, 4) is 0 Å². The first-order chi connectivity index (χ1) is 9.21. The van der Waals surface area contributed by atoms with Crippen molar-refractivity contribution in [2.75, 3.05) is 0 Å². The number of ketones is 2. The van der Waals surface area contributed by atoms with Gasteiger partial charge in [-0.05, 0) is 37.3 Å². The van der Waals surface area contributed by atoms with Crippen LogP contribution in [0.25, 0.3) is 0 Å². The summed E-state index contributed by atoms with van der Waals surface area (Å²) in [4.78, 5) is 24.1. The normalized spacial score (nSPS) is 26.8. The van der Waals surface area contributed by atoms with Crippen LogP contribution in [0.4, 0.5) is 0 Å². The molecule has 1 atom stereocenters. The maximum absolute atomic E-state index is 12.5. The zero-order valence-electron chi connectivity index (χ0n) is 11.0. The lowest BCUT2D eigenvalue weighted by molar-refractivity contribution is -0.129. The highest BCUT2D eigenvalue weighted by molar-refractivity contribution is 5.98. The van der Waals surface area contributed by atoms with E-state index in [-0.39, 0.29) is 11.2 Å². The van der Waals surface area contributed by atoms with Crippen LogP contribution < -0.4 is 0 Å². The zero-order valence-corrected chi connectivity index (χ0v) is 11.0. The van der Waals surface area contributed by atoms with Gasteiger partial charge in [-0.15, -0.1) is 0 Å². The Morgan fingerprint density at radius 2 is 1.79 bits per heavy atom. The molecule has 0 aliphatic heterocycles. The first-order valence-corrected chi connectivity index (χ1v) is 7.02. The molecule has 0 bridgehead atoms. The Balaban J connectivity index is 1.99. The predicted octanol–water partition coefficient (Wildman–Crippen LogP) is 3.26. The molecular formula is C17H18O2. The number of rotatable bonds is 2. The molecule has 0 N–H and O–H groups in total. The molecule has 0 spiro atoms. The summed E-state index contributed by atoms with van der Waals surface area (Å²) < 4.78 is 0. The Morgan fingerprint density at radius 3 is 2.58 bits per heavy atom. The summed E-state index contributed by atoms with van der Waals surface area (Å²) >= 11 is 0. The SMILES string of the molecule is O=C1C=C2CCCC(=O)[C@]2(Cc2ccccc2)CC1. The molecule has 2 nitrogen and oxygen atoms in total. The number of carbonyl (C=O) groups excluding carboxylic acids is 2. The number of fused-ring (bicyclic) bond motifs is 1.